The van der Waals surface area contributed by atoms with E-state index in [2.05, 4.69) is 23.7 Å². The van der Waals surface area contributed by atoms with Crippen LogP contribution in [0.15, 0.2) is 29.2 Å². The first-order chi connectivity index (χ1) is 4.86. The Morgan fingerprint density at radius 1 is 1.40 bits per heavy atom. The molecule has 1 nitrogen and oxygen atoms in total. The van der Waals surface area contributed by atoms with Gasteiger partial charge in [0.2, 0.25) is 0 Å². The Kier molecular flexibility index (Phi) is 2.63. The molecule has 2 heteroatoms. The highest BCUT2D eigenvalue weighted by molar-refractivity contribution is 7.98. The normalized spacial score (nSPS) is 9.40. The highest BCUT2D eigenvalue weighted by Crippen LogP contribution is 2.18. The first kappa shape index (κ1) is 7.48. The molecule has 0 bridgehead atoms. The molecule has 1 rings (SSSR count). The summed E-state index contributed by atoms with van der Waals surface area (Å²) in [5.41, 5.74) is 1.05. The lowest BCUT2D eigenvalue weighted by Gasteiger charge is -1.98. The average molecular weight is 152 g/mol. The summed E-state index contributed by atoms with van der Waals surface area (Å²) in [6.07, 6.45) is 2.06. The predicted molar refractivity (Wildman–Crippen MR) is 45.9 cm³/mol. The number of hydrogen-bond donors (Lipinski definition) is 0. The van der Waals surface area contributed by atoms with Gasteiger partial charge in [0.15, 0.2) is 0 Å². The van der Waals surface area contributed by atoms with Crippen molar-refractivity contribution < 1.29 is 0 Å². The molecule has 0 saturated carbocycles. The fraction of sp³-hybridized carbons (Fsp3) is 0.250. The average Bonchev–Trinajstić information content (AvgIpc) is 2.05. The third-order valence-electron chi connectivity index (χ3n) is 1.31. The van der Waals surface area contributed by atoms with Crippen LogP contribution in [-0.2, 0) is 0 Å². The highest BCUT2D eigenvalue weighted by atomic mass is 32.2. The molecule has 0 saturated heterocycles. The fourth-order valence-corrected chi connectivity index (χ4v) is 1.20. The van der Waals surface area contributed by atoms with Crippen LogP contribution < -0.4 is 5.32 Å². The zero-order valence-electron chi connectivity index (χ0n) is 6.16. The minimum Gasteiger partial charge on any atom is -0.289 e. The van der Waals surface area contributed by atoms with Crippen molar-refractivity contribution in [2.75, 3.05) is 13.3 Å². The van der Waals surface area contributed by atoms with E-state index < -0.39 is 0 Å². The minimum absolute atomic E-state index is 1.05. The van der Waals surface area contributed by atoms with E-state index in [0.717, 1.165) is 5.69 Å². The number of benzene rings is 1. The van der Waals surface area contributed by atoms with Crippen molar-refractivity contribution in [3.8, 4) is 0 Å². The predicted octanol–water partition coefficient (Wildman–Crippen LogP) is 2.27. The van der Waals surface area contributed by atoms with Gasteiger partial charge in [0, 0.05) is 11.9 Å². The number of nitrogens with zero attached hydrogens (tertiary/aromatic N) is 1. The smallest absolute Gasteiger partial charge is 0.0581 e. The molecule has 0 N–H and O–H groups in total. The second-order valence-electron chi connectivity index (χ2n) is 1.93. The van der Waals surface area contributed by atoms with Crippen LogP contribution in [0, 0.1) is 0 Å². The lowest BCUT2D eigenvalue weighted by atomic mass is 10.3. The Hall–Kier alpha value is -0.630. The molecular formula is C8H10NS. The van der Waals surface area contributed by atoms with Gasteiger partial charge in [-0.15, -0.1) is 11.8 Å². The molecule has 10 heavy (non-hydrogen) atoms. The van der Waals surface area contributed by atoms with Crippen molar-refractivity contribution in [3.05, 3.63) is 24.3 Å². The van der Waals surface area contributed by atoms with E-state index in [4.69, 9.17) is 0 Å². The third kappa shape index (κ3) is 1.67. The molecule has 0 fully saturated rings. The molecule has 0 aliphatic carbocycles. The molecule has 1 aromatic carbocycles. The van der Waals surface area contributed by atoms with Crippen molar-refractivity contribution in [3.63, 3.8) is 0 Å². The monoisotopic (exact) mass is 152 g/mol. The van der Waals surface area contributed by atoms with Gasteiger partial charge < -0.3 is 0 Å². The van der Waals surface area contributed by atoms with Crippen LogP contribution in [0.3, 0.4) is 0 Å². The van der Waals surface area contributed by atoms with Crippen molar-refractivity contribution >= 4 is 17.4 Å². The van der Waals surface area contributed by atoms with E-state index >= 15 is 0 Å². The standard InChI is InChI=1S/C8H10NS/c1-9-7-4-3-5-8(6-7)10-2/h3-6H,1-2H3. The van der Waals surface area contributed by atoms with Crippen LogP contribution in [0.2, 0.25) is 0 Å². The second-order valence-corrected chi connectivity index (χ2v) is 2.80. The molecule has 0 amide bonds. The van der Waals surface area contributed by atoms with Gasteiger partial charge in [-0.2, -0.15) is 0 Å². The second kappa shape index (κ2) is 3.52. The third-order valence-corrected chi connectivity index (χ3v) is 2.04. The minimum atomic E-state index is 1.05. The molecule has 1 aromatic rings. The topological polar surface area (TPSA) is 14.1 Å². The van der Waals surface area contributed by atoms with Gasteiger partial charge in [-0.3, -0.25) is 5.32 Å². The Morgan fingerprint density at radius 3 is 2.80 bits per heavy atom. The summed E-state index contributed by atoms with van der Waals surface area (Å²) in [4.78, 5) is 1.27. The Labute approximate surface area is 65.8 Å². The van der Waals surface area contributed by atoms with E-state index in [0.29, 0.717) is 0 Å². The molecule has 0 aliphatic rings. The Morgan fingerprint density at radius 2 is 2.20 bits per heavy atom. The zero-order valence-corrected chi connectivity index (χ0v) is 6.98. The largest absolute Gasteiger partial charge is 0.289 e. The maximum atomic E-state index is 4.07. The van der Waals surface area contributed by atoms with Gasteiger partial charge in [0.25, 0.3) is 0 Å². The van der Waals surface area contributed by atoms with Gasteiger partial charge >= 0.3 is 0 Å². The van der Waals surface area contributed by atoms with E-state index in [-0.39, 0.29) is 0 Å². The fourth-order valence-electron chi connectivity index (χ4n) is 0.750. The highest BCUT2D eigenvalue weighted by Gasteiger charge is 1.90. The number of thioether (sulfide) groups is 1. The molecule has 53 valence electrons. The SMILES string of the molecule is C[N]c1cccc(SC)c1. The van der Waals surface area contributed by atoms with Crippen LogP contribution in [-0.4, -0.2) is 13.3 Å². The van der Waals surface area contributed by atoms with Gasteiger partial charge in [-0.25, -0.2) is 0 Å². The summed E-state index contributed by atoms with van der Waals surface area (Å²) in [5, 5.41) is 4.07. The van der Waals surface area contributed by atoms with Crippen LogP contribution >= 0.6 is 11.8 Å². The van der Waals surface area contributed by atoms with E-state index in [9.17, 15) is 0 Å². The summed E-state index contributed by atoms with van der Waals surface area (Å²) >= 11 is 1.74. The van der Waals surface area contributed by atoms with Gasteiger partial charge in [-0.1, -0.05) is 6.07 Å². The van der Waals surface area contributed by atoms with Crippen molar-refractivity contribution in [2.24, 2.45) is 0 Å². The maximum absolute atomic E-state index is 4.07. The molecule has 0 aliphatic heterocycles. The van der Waals surface area contributed by atoms with Crippen molar-refractivity contribution in [1.29, 1.82) is 0 Å². The Bertz CT molecular complexity index is 191. The van der Waals surface area contributed by atoms with Crippen LogP contribution in [0.4, 0.5) is 5.69 Å². The van der Waals surface area contributed by atoms with E-state index in [1.807, 2.05) is 12.1 Å². The van der Waals surface area contributed by atoms with E-state index in [1.165, 1.54) is 4.90 Å². The van der Waals surface area contributed by atoms with E-state index in [1.54, 1.807) is 18.8 Å². The summed E-state index contributed by atoms with van der Waals surface area (Å²) < 4.78 is 0. The summed E-state index contributed by atoms with van der Waals surface area (Å²) in [6.45, 7) is 0. The number of hydrogen-bond acceptors (Lipinski definition) is 1. The number of rotatable bonds is 2. The molecule has 0 spiro atoms. The van der Waals surface area contributed by atoms with Gasteiger partial charge in [0.1, 0.15) is 0 Å². The summed E-state index contributed by atoms with van der Waals surface area (Å²) in [7, 11) is 1.80. The first-order valence-electron chi connectivity index (χ1n) is 3.10. The molecular weight excluding hydrogens is 142 g/mol. The van der Waals surface area contributed by atoms with Crippen LogP contribution in [0.5, 0.6) is 0 Å². The van der Waals surface area contributed by atoms with Gasteiger partial charge in [0.05, 0.1) is 5.69 Å². The quantitative estimate of drug-likeness (QED) is 0.593. The molecule has 0 atom stereocenters. The van der Waals surface area contributed by atoms with Crippen LogP contribution in [0.25, 0.3) is 0 Å². The van der Waals surface area contributed by atoms with Gasteiger partial charge in [-0.05, 0) is 24.5 Å². The molecule has 0 aromatic heterocycles. The summed E-state index contributed by atoms with van der Waals surface area (Å²) in [6, 6.07) is 8.18. The lowest BCUT2D eigenvalue weighted by Crippen LogP contribution is -1.84. The van der Waals surface area contributed by atoms with Crippen molar-refractivity contribution in [1.82, 2.24) is 5.32 Å². The maximum Gasteiger partial charge on any atom is 0.0581 e. The first-order valence-corrected chi connectivity index (χ1v) is 4.33. The van der Waals surface area contributed by atoms with Crippen molar-refractivity contribution in [2.45, 2.75) is 4.90 Å². The van der Waals surface area contributed by atoms with Crippen LogP contribution in [0.1, 0.15) is 0 Å². The molecule has 0 unspecified atom stereocenters. The zero-order chi connectivity index (χ0) is 7.40. The summed E-state index contributed by atoms with van der Waals surface area (Å²) in [5.74, 6) is 0. The lowest BCUT2D eigenvalue weighted by molar-refractivity contribution is 1.08. The Balaban J connectivity index is 2.87. The molecule has 1 radical (unpaired) electrons. The molecule has 0 heterocycles.